The van der Waals surface area contributed by atoms with Crippen molar-refractivity contribution in [2.75, 3.05) is 5.32 Å². The van der Waals surface area contributed by atoms with Crippen LogP contribution in [0.2, 0.25) is 0 Å². The number of alkyl halides is 3. The smallest absolute Gasteiger partial charge is 0.475 e. The zero-order chi connectivity index (χ0) is 24.9. The predicted molar refractivity (Wildman–Crippen MR) is 116 cm³/mol. The number of nitrogens with two attached hydrogens (primary N) is 1. The van der Waals surface area contributed by atoms with Crippen LogP contribution in [0.1, 0.15) is 28.0 Å². The zero-order valence-electron chi connectivity index (χ0n) is 17.8. The summed E-state index contributed by atoms with van der Waals surface area (Å²) in [5.41, 5.74) is 8.34. The number of amides is 1. The fourth-order valence-electron chi connectivity index (χ4n) is 3.37. The van der Waals surface area contributed by atoms with E-state index < -0.39 is 12.1 Å². The van der Waals surface area contributed by atoms with E-state index in [4.69, 9.17) is 15.6 Å². The minimum atomic E-state index is -5.08. The molecule has 3 heterocycles. The van der Waals surface area contributed by atoms with Crippen molar-refractivity contribution in [1.82, 2.24) is 14.3 Å². The molecule has 1 aliphatic heterocycles. The van der Waals surface area contributed by atoms with E-state index in [2.05, 4.69) is 10.4 Å². The lowest BCUT2D eigenvalue weighted by Crippen LogP contribution is -2.32. The SMILES string of the molecule is NC1CCn2ncc(C(=O)Nc3cccn(Cc4ccccc4)c3=O)c2C1.O=C(O)C(F)(F)F. The summed E-state index contributed by atoms with van der Waals surface area (Å²) in [5, 5.41) is 14.1. The minimum absolute atomic E-state index is 0.0283. The summed E-state index contributed by atoms with van der Waals surface area (Å²) in [5.74, 6) is -3.09. The Morgan fingerprint density at radius 1 is 1.18 bits per heavy atom. The normalized spacial score (nSPS) is 15.0. The van der Waals surface area contributed by atoms with Crippen LogP contribution in [0, 0.1) is 0 Å². The Morgan fingerprint density at radius 3 is 2.50 bits per heavy atom. The van der Waals surface area contributed by atoms with E-state index in [0.29, 0.717) is 25.1 Å². The number of benzene rings is 1. The number of carbonyl (C=O) groups is 2. The molecule has 9 nitrogen and oxygen atoms in total. The Kier molecular flexibility index (Phi) is 7.51. The minimum Gasteiger partial charge on any atom is -0.475 e. The number of carboxylic acids is 1. The summed E-state index contributed by atoms with van der Waals surface area (Å²) < 4.78 is 35.1. The van der Waals surface area contributed by atoms with Crippen molar-refractivity contribution in [3.05, 3.63) is 82.0 Å². The summed E-state index contributed by atoms with van der Waals surface area (Å²) in [4.78, 5) is 34.3. The lowest BCUT2D eigenvalue weighted by molar-refractivity contribution is -0.192. The fourth-order valence-corrected chi connectivity index (χ4v) is 3.37. The van der Waals surface area contributed by atoms with Crippen LogP contribution in [0.3, 0.4) is 0 Å². The van der Waals surface area contributed by atoms with Gasteiger partial charge in [0.1, 0.15) is 5.69 Å². The molecule has 0 radical (unpaired) electrons. The number of halogens is 3. The molecule has 0 spiro atoms. The molecule has 2 aromatic heterocycles. The Morgan fingerprint density at radius 2 is 1.85 bits per heavy atom. The van der Waals surface area contributed by atoms with E-state index in [1.165, 1.54) is 0 Å². The van der Waals surface area contributed by atoms with E-state index >= 15 is 0 Å². The van der Waals surface area contributed by atoms with Crippen molar-refractivity contribution in [3.8, 4) is 0 Å². The molecule has 4 rings (SSSR count). The second-order valence-electron chi connectivity index (χ2n) is 7.58. The molecule has 1 aromatic carbocycles. The van der Waals surface area contributed by atoms with Crippen LogP contribution in [0.5, 0.6) is 0 Å². The highest BCUT2D eigenvalue weighted by atomic mass is 19.4. The Hall–Kier alpha value is -3.93. The molecule has 34 heavy (non-hydrogen) atoms. The number of nitrogens with zero attached hydrogens (tertiary/aromatic N) is 3. The molecule has 1 atom stereocenters. The maximum atomic E-state index is 12.7. The van der Waals surface area contributed by atoms with E-state index in [-0.39, 0.29) is 23.2 Å². The summed E-state index contributed by atoms with van der Waals surface area (Å²) in [6.07, 6.45) is -0.367. The topological polar surface area (TPSA) is 132 Å². The van der Waals surface area contributed by atoms with Gasteiger partial charge in [0.2, 0.25) is 0 Å². The van der Waals surface area contributed by atoms with Crippen molar-refractivity contribution in [1.29, 1.82) is 0 Å². The number of aliphatic carboxylic acids is 1. The molecule has 0 saturated heterocycles. The van der Waals surface area contributed by atoms with Gasteiger partial charge in [-0.1, -0.05) is 30.3 Å². The number of pyridine rings is 1. The largest absolute Gasteiger partial charge is 0.490 e. The first-order chi connectivity index (χ1) is 16.1. The van der Waals surface area contributed by atoms with Gasteiger partial charge in [-0.25, -0.2) is 4.79 Å². The Balaban J connectivity index is 0.000000406. The third-order valence-corrected chi connectivity index (χ3v) is 5.07. The summed E-state index contributed by atoms with van der Waals surface area (Å²) in [6, 6.07) is 13.1. The molecule has 0 fully saturated rings. The number of fused-ring (bicyclic) bond motifs is 1. The van der Waals surface area contributed by atoms with Gasteiger partial charge in [0, 0.05) is 25.2 Å². The van der Waals surface area contributed by atoms with Crippen molar-refractivity contribution < 1.29 is 27.9 Å². The summed E-state index contributed by atoms with van der Waals surface area (Å²) >= 11 is 0. The standard InChI is InChI=1S/C20H21N5O2.C2HF3O2/c21-15-8-10-25-18(11-15)16(12-22-25)19(26)23-17-7-4-9-24(20(17)27)13-14-5-2-1-3-6-14;3-2(4,5)1(6)7/h1-7,9,12,15H,8,10-11,13,21H2,(H,23,26);(H,6,7). The van der Waals surface area contributed by atoms with Gasteiger partial charge in [-0.3, -0.25) is 14.3 Å². The predicted octanol–water partition coefficient (Wildman–Crippen LogP) is 2.25. The molecule has 3 aromatic rings. The van der Waals surface area contributed by atoms with Gasteiger partial charge >= 0.3 is 12.1 Å². The maximum absolute atomic E-state index is 12.7. The van der Waals surface area contributed by atoms with Crippen LogP contribution in [0.4, 0.5) is 18.9 Å². The molecule has 1 amide bonds. The molecule has 0 aliphatic carbocycles. The highest BCUT2D eigenvalue weighted by Gasteiger charge is 2.38. The van der Waals surface area contributed by atoms with Crippen LogP contribution in [-0.2, 0) is 24.3 Å². The van der Waals surface area contributed by atoms with Gasteiger partial charge in [0.05, 0.1) is 24.0 Å². The van der Waals surface area contributed by atoms with Gasteiger partial charge in [0.15, 0.2) is 0 Å². The number of hydrogen-bond acceptors (Lipinski definition) is 5. The van der Waals surface area contributed by atoms with Crippen molar-refractivity contribution >= 4 is 17.6 Å². The second-order valence-corrected chi connectivity index (χ2v) is 7.58. The first-order valence-corrected chi connectivity index (χ1v) is 10.2. The molecule has 1 aliphatic rings. The summed E-state index contributed by atoms with van der Waals surface area (Å²) in [6.45, 7) is 1.15. The van der Waals surface area contributed by atoms with Crippen LogP contribution in [-0.4, -0.2) is 43.5 Å². The van der Waals surface area contributed by atoms with Gasteiger partial charge in [-0.2, -0.15) is 18.3 Å². The average molecular weight is 477 g/mol. The quantitative estimate of drug-likeness (QED) is 0.528. The zero-order valence-corrected chi connectivity index (χ0v) is 17.8. The average Bonchev–Trinajstić information content (AvgIpc) is 3.20. The number of carbonyl (C=O) groups excluding carboxylic acids is 1. The lowest BCUT2D eigenvalue weighted by Gasteiger charge is -2.20. The number of aromatic nitrogens is 3. The molecule has 4 N–H and O–H groups in total. The molecule has 12 heteroatoms. The number of anilines is 1. The van der Waals surface area contributed by atoms with Crippen molar-refractivity contribution in [2.24, 2.45) is 5.73 Å². The summed E-state index contributed by atoms with van der Waals surface area (Å²) in [7, 11) is 0. The third kappa shape index (κ3) is 6.10. The first-order valence-electron chi connectivity index (χ1n) is 10.2. The molecule has 180 valence electrons. The molecule has 0 bridgehead atoms. The van der Waals surface area contributed by atoms with Gasteiger partial charge in [0.25, 0.3) is 11.5 Å². The highest BCUT2D eigenvalue weighted by molar-refractivity contribution is 6.04. The van der Waals surface area contributed by atoms with Gasteiger partial charge < -0.3 is 20.7 Å². The van der Waals surface area contributed by atoms with E-state index in [1.807, 2.05) is 35.0 Å². The van der Waals surface area contributed by atoms with Gasteiger partial charge in [-0.15, -0.1) is 0 Å². The van der Waals surface area contributed by atoms with Crippen LogP contribution in [0.25, 0.3) is 0 Å². The van der Waals surface area contributed by atoms with E-state index in [0.717, 1.165) is 17.7 Å². The van der Waals surface area contributed by atoms with Crippen molar-refractivity contribution in [2.45, 2.75) is 38.1 Å². The number of aryl methyl sites for hydroxylation is 1. The monoisotopic (exact) mass is 477 g/mol. The molecule has 0 saturated carbocycles. The number of nitrogens with one attached hydrogen (secondary N) is 1. The third-order valence-electron chi connectivity index (χ3n) is 5.07. The number of rotatable bonds is 4. The Bertz CT molecular complexity index is 1220. The van der Waals surface area contributed by atoms with Crippen LogP contribution >= 0.6 is 0 Å². The molecule has 1 unspecified atom stereocenters. The second kappa shape index (κ2) is 10.3. The van der Waals surface area contributed by atoms with E-state index in [9.17, 15) is 22.8 Å². The molecular formula is C22H22F3N5O4. The van der Waals surface area contributed by atoms with Crippen LogP contribution in [0.15, 0.2) is 59.7 Å². The van der Waals surface area contributed by atoms with E-state index in [1.54, 1.807) is 29.1 Å². The van der Waals surface area contributed by atoms with Crippen molar-refractivity contribution in [3.63, 3.8) is 0 Å². The Labute approximate surface area is 191 Å². The van der Waals surface area contributed by atoms with Crippen LogP contribution < -0.4 is 16.6 Å². The van der Waals surface area contributed by atoms with Gasteiger partial charge in [-0.05, 0) is 24.1 Å². The first kappa shape index (κ1) is 24.7. The lowest BCUT2D eigenvalue weighted by atomic mass is 10.0. The highest BCUT2D eigenvalue weighted by Crippen LogP contribution is 2.18. The number of carboxylic acid groups (broad SMARTS) is 1. The number of hydrogen-bond donors (Lipinski definition) is 3. The fraction of sp³-hybridized carbons (Fsp3) is 0.273. The maximum Gasteiger partial charge on any atom is 0.490 e. The molecular weight excluding hydrogens is 455 g/mol.